The molecule has 2 aliphatic rings. The molecule has 1 atom stereocenters. The summed E-state index contributed by atoms with van der Waals surface area (Å²) in [4.78, 5) is 16.4. The van der Waals surface area contributed by atoms with Gasteiger partial charge in [-0.3, -0.25) is 9.80 Å². The molecule has 4 nitrogen and oxygen atoms in total. The number of benzene rings is 2. The third-order valence-corrected chi connectivity index (χ3v) is 4.82. The largest absolute Gasteiger partial charge is 0.347 e. The number of halogens is 1. The SMILES string of the molecule is CN1C(=O)N2CCCOC2(c2ccccc2)c2cc(Cl)ccc21. The van der Waals surface area contributed by atoms with Gasteiger partial charge in [0.05, 0.1) is 12.3 Å². The first-order chi connectivity index (χ1) is 11.1. The fourth-order valence-electron chi connectivity index (χ4n) is 3.55. The van der Waals surface area contributed by atoms with Crippen molar-refractivity contribution in [1.82, 2.24) is 4.90 Å². The Kier molecular flexibility index (Phi) is 3.32. The molecule has 1 fully saturated rings. The van der Waals surface area contributed by atoms with Gasteiger partial charge in [-0.1, -0.05) is 41.9 Å². The van der Waals surface area contributed by atoms with Gasteiger partial charge in [-0.05, 0) is 24.6 Å². The van der Waals surface area contributed by atoms with Crippen LogP contribution in [-0.2, 0) is 10.5 Å². The van der Waals surface area contributed by atoms with Crippen molar-refractivity contribution in [1.29, 1.82) is 0 Å². The first-order valence-corrected chi connectivity index (χ1v) is 8.07. The van der Waals surface area contributed by atoms with Gasteiger partial charge in [0.2, 0.25) is 0 Å². The van der Waals surface area contributed by atoms with Crippen LogP contribution in [0.4, 0.5) is 10.5 Å². The van der Waals surface area contributed by atoms with Gasteiger partial charge in [-0.25, -0.2) is 4.79 Å². The van der Waals surface area contributed by atoms with E-state index in [9.17, 15) is 4.79 Å². The predicted octanol–water partition coefficient (Wildman–Crippen LogP) is 3.83. The minimum atomic E-state index is -0.899. The Balaban J connectivity index is 2.04. The zero-order valence-corrected chi connectivity index (χ0v) is 13.6. The van der Waals surface area contributed by atoms with Gasteiger partial charge < -0.3 is 4.74 Å². The lowest BCUT2D eigenvalue weighted by Crippen LogP contribution is -2.62. The fraction of sp³-hybridized carbons (Fsp3) is 0.278. The molecule has 0 bridgehead atoms. The number of hydrogen-bond donors (Lipinski definition) is 0. The molecule has 0 saturated carbocycles. The van der Waals surface area contributed by atoms with E-state index in [4.69, 9.17) is 16.3 Å². The molecular formula is C18H17ClN2O2. The third-order valence-electron chi connectivity index (χ3n) is 4.59. The number of anilines is 1. The highest BCUT2D eigenvalue weighted by Gasteiger charge is 2.52. The van der Waals surface area contributed by atoms with Gasteiger partial charge in [-0.2, -0.15) is 0 Å². The Morgan fingerprint density at radius 1 is 1.17 bits per heavy atom. The summed E-state index contributed by atoms with van der Waals surface area (Å²) < 4.78 is 6.28. The van der Waals surface area contributed by atoms with Gasteiger partial charge in [0.1, 0.15) is 0 Å². The van der Waals surface area contributed by atoms with Crippen LogP contribution in [0.3, 0.4) is 0 Å². The quantitative estimate of drug-likeness (QED) is 0.797. The fourth-order valence-corrected chi connectivity index (χ4v) is 3.72. The zero-order chi connectivity index (χ0) is 16.0. The molecule has 0 spiro atoms. The van der Waals surface area contributed by atoms with Gasteiger partial charge in [-0.15, -0.1) is 0 Å². The van der Waals surface area contributed by atoms with Crippen LogP contribution in [0.1, 0.15) is 17.5 Å². The molecule has 0 radical (unpaired) electrons. The maximum absolute atomic E-state index is 12.9. The summed E-state index contributed by atoms with van der Waals surface area (Å²) in [5, 5.41) is 0.635. The molecule has 23 heavy (non-hydrogen) atoms. The number of ether oxygens (including phenoxy) is 1. The maximum atomic E-state index is 12.9. The molecule has 1 saturated heterocycles. The van der Waals surface area contributed by atoms with E-state index >= 15 is 0 Å². The lowest BCUT2D eigenvalue weighted by atomic mass is 9.88. The summed E-state index contributed by atoms with van der Waals surface area (Å²) in [6.07, 6.45) is 0.823. The first kappa shape index (κ1) is 14.5. The molecular weight excluding hydrogens is 312 g/mol. The minimum absolute atomic E-state index is 0.0524. The molecule has 2 amide bonds. The number of hydrogen-bond acceptors (Lipinski definition) is 2. The van der Waals surface area contributed by atoms with Crippen LogP contribution in [0.5, 0.6) is 0 Å². The van der Waals surface area contributed by atoms with Crippen molar-refractivity contribution in [3.8, 4) is 0 Å². The second kappa shape index (κ2) is 5.25. The van der Waals surface area contributed by atoms with Crippen LogP contribution in [0.2, 0.25) is 5.02 Å². The van der Waals surface area contributed by atoms with E-state index in [0.717, 1.165) is 23.2 Å². The zero-order valence-electron chi connectivity index (χ0n) is 12.8. The number of carbonyl (C=O) groups is 1. The van der Waals surface area contributed by atoms with Crippen LogP contribution < -0.4 is 4.90 Å². The highest BCUT2D eigenvalue weighted by Crippen LogP contribution is 2.48. The topological polar surface area (TPSA) is 32.8 Å². The molecule has 2 aromatic rings. The van der Waals surface area contributed by atoms with Gasteiger partial charge in [0, 0.05) is 29.7 Å². The molecule has 0 N–H and O–H groups in total. The summed E-state index contributed by atoms with van der Waals surface area (Å²) in [6.45, 7) is 1.26. The van der Waals surface area contributed by atoms with Crippen molar-refractivity contribution in [3.63, 3.8) is 0 Å². The van der Waals surface area contributed by atoms with E-state index in [2.05, 4.69) is 0 Å². The highest BCUT2D eigenvalue weighted by molar-refractivity contribution is 6.30. The Bertz CT molecular complexity index is 765. The average molecular weight is 329 g/mol. The Labute approximate surface area is 140 Å². The monoisotopic (exact) mass is 328 g/mol. The number of fused-ring (bicyclic) bond motifs is 3. The number of amides is 2. The normalized spacial score (nSPS) is 23.5. The van der Waals surface area contributed by atoms with Crippen molar-refractivity contribution < 1.29 is 9.53 Å². The number of rotatable bonds is 1. The van der Waals surface area contributed by atoms with Gasteiger partial charge in [0.15, 0.2) is 5.72 Å². The Hall–Kier alpha value is -2.04. The van der Waals surface area contributed by atoms with E-state index in [0.29, 0.717) is 18.2 Å². The van der Waals surface area contributed by atoms with Crippen molar-refractivity contribution in [2.24, 2.45) is 0 Å². The molecule has 2 aliphatic heterocycles. The third kappa shape index (κ3) is 1.98. The van der Waals surface area contributed by atoms with E-state index in [1.54, 1.807) is 18.0 Å². The van der Waals surface area contributed by atoms with Crippen LogP contribution in [-0.4, -0.2) is 31.1 Å². The van der Waals surface area contributed by atoms with E-state index in [1.807, 2.05) is 47.4 Å². The lowest BCUT2D eigenvalue weighted by molar-refractivity contribution is -0.143. The van der Waals surface area contributed by atoms with Crippen molar-refractivity contribution in [2.45, 2.75) is 12.1 Å². The second-order valence-corrected chi connectivity index (χ2v) is 6.30. The number of nitrogens with zero attached hydrogens (tertiary/aromatic N) is 2. The number of urea groups is 1. The van der Waals surface area contributed by atoms with Crippen LogP contribution in [0.15, 0.2) is 48.5 Å². The van der Waals surface area contributed by atoms with Crippen molar-refractivity contribution in [3.05, 3.63) is 64.7 Å². The Morgan fingerprint density at radius 3 is 2.74 bits per heavy atom. The molecule has 5 heteroatoms. The summed E-state index contributed by atoms with van der Waals surface area (Å²) in [5.74, 6) is 0. The van der Waals surface area contributed by atoms with E-state index < -0.39 is 5.72 Å². The molecule has 0 aliphatic carbocycles. The van der Waals surface area contributed by atoms with Gasteiger partial charge >= 0.3 is 6.03 Å². The summed E-state index contributed by atoms with van der Waals surface area (Å²) in [7, 11) is 1.79. The Morgan fingerprint density at radius 2 is 1.96 bits per heavy atom. The average Bonchev–Trinajstić information content (AvgIpc) is 2.60. The molecule has 118 valence electrons. The molecule has 1 unspecified atom stereocenters. The van der Waals surface area contributed by atoms with Gasteiger partial charge in [0.25, 0.3) is 0 Å². The molecule has 2 aromatic carbocycles. The maximum Gasteiger partial charge on any atom is 0.327 e. The summed E-state index contributed by atoms with van der Waals surface area (Å²) >= 11 is 6.26. The second-order valence-electron chi connectivity index (χ2n) is 5.87. The van der Waals surface area contributed by atoms with E-state index in [-0.39, 0.29) is 6.03 Å². The van der Waals surface area contributed by atoms with E-state index in [1.165, 1.54) is 0 Å². The molecule has 2 heterocycles. The van der Waals surface area contributed by atoms with Crippen LogP contribution in [0.25, 0.3) is 0 Å². The first-order valence-electron chi connectivity index (χ1n) is 7.69. The standard InChI is InChI=1S/C18H17ClN2O2/c1-20-16-9-8-14(19)12-15(16)18(13-6-3-2-4-7-13)21(17(20)22)10-5-11-23-18/h2-4,6-9,12H,5,10-11H2,1H3. The smallest absolute Gasteiger partial charge is 0.327 e. The van der Waals surface area contributed by atoms with Crippen molar-refractivity contribution >= 4 is 23.3 Å². The summed E-state index contributed by atoms with van der Waals surface area (Å²) in [6, 6.07) is 15.4. The number of carbonyl (C=O) groups excluding carboxylic acids is 1. The minimum Gasteiger partial charge on any atom is -0.347 e. The van der Waals surface area contributed by atoms with Crippen molar-refractivity contribution in [2.75, 3.05) is 25.1 Å². The highest BCUT2D eigenvalue weighted by atomic mass is 35.5. The summed E-state index contributed by atoms with van der Waals surface area (Å²) in [5.41, 5.74) is 1.80. The van der Waals surface area contributed by atoms with Crippen LogP contribution in [0, 0.1) is 0 Å². The lowest BCUT2D eigenvalue weighted by Gasteiger charge is -2.52. The predicted molar refractivity (Wildman–Crippen MR) is 89.7 cm³/mol. The van der Waals surface area contributed by atoms with Crippen LogP contribution >= 0.6 is 11.6 Å². The molecule has 4 rings (SSSR count). The molecule has 0 aromatic heterocycles.